The lowest BCUT2D eigenvalue weighted by Crippen LogP contribution is -2.31. The van der Waals surface area contributed by atoms with E-state index in [2.05, 4.69) is 53.0 Å². The summed E-state index contributed by atoms with van der Waals surface area (Å²) in [4.78, 5) is 0. The lowest BCUT2D eigenvalue weighted by molar-refractivity contribution is 0.136. The molecular weight excluding hydrogens is 264 g/mol. The number of hydrogen-bond acceptors (Lipinski definition) is 0. The van der Waals surface area contributed by atoms with Gasteiger partial charge in [0.25, 0.3) is 0 Å². The van der Waals surface area contributed by atoms with Crippen LogP contribution < -0.4 is 0 Å². The molecule has 1 aromatic carbocycles. The van der Waals surface area contributed by atoms with Crippen LogP contribution in [0.15, 0.2) is 54.6 Å². The van der Waals surface area contributed by atoms with Gasteiger partial charge in [0.2, 0.25) is 0 Å². The highest BCUT2D eigenvalue weighted by atomic mass is 14.5. The van der Waals surface area contributed by atoms with E-state index in [1.54, 1.807) is 0 Å². The molecule has 0 radical (unpaired) electrons. The second-order valence-corrected chi connectivity index (χ2v) is 7.83. The average Bonchev–Trinajstić information content (AvgIpc) is 2.70. The first-order chi connectivity index (χ1) is 10.4. The summed E-state index contributed by atoms with van der Waals surface area (Å²) >= 11 is 0. The molecule has 2 aliphatic rings. The number of aryl methyl sites for hydroxylation is 1. The number of hydrogen-bond donors (Lipinski definition) is 0. The van der Waals surface area contributed by atoms with Gasteiger partial charge >= 0.3 is 0 Å². The van der Waals surface area contributed by atoms with Crippen molar-refractivity contribution in [3.63, 3.8) is 0 Å². The molecule has 3 rings (SSSR count). The molecule has 4 unspecified atom stereocenters. The molecule has 0 N–H and O–H groups in total. The summed E-state index contributed by atoms with van der Waals surface area (Å²) in [5.41, 5.74) is 4.84. The predicted octanol–water partition coefficient (Wildman–Crippen LogP) is 6.58. The van der Waals surface area contributed by atoms with Crippen molar-refractivity contribution in [2.24, 2.45) is 23.2 Å². The maximum atomic E-state index is 4.30. The number of fused-ring (bicyclic) bond motifs is 2. The minimum atomic E-state index is 0.561. The maximum Gasteiger partial charge on any atom is -0.0114 e. The van der Waals surface area contributed by atoms with Crippen molar-refractivity contribution < 1.29 is 0 Å². The standard InChI is InChI=1S/C15H24.C7H8/c1-6-10(2)14-12(4)8-15(5)7-11(3)13(14)9-15;1-7-5-3-2-4-6-7/h12-14H,2-3,6-9H2,1,4-5H3;2-6H,1H3. The number of allylic oxidation sites excluding steroid dienone is 2. The summed E-state index contributed by atoms with van der Waals surface area (Å²) in [6.07, 6.45) is 5.12. The number of benzene rings is 1. The fraction of sp³-hybridized carbons (Fsp3) is 0.545. The Bertz CT molecular complexity index is 522. The summed E-state index contributed by atoms with van der Waals surface area (Å²) in [6.45, 7) is 17.8. The Labute approximate surface area is 137 Å². The predicted molar refractivity (Wildman–Crippen MR) is 97.9 cm³/mol. The quantitative estimate of drug-likeness (QED) is 0.541. The highest BCUT2D eigenvalue weighted by Crippen LogP contribution is 2.59. The SMILES string of the molecule is C=C1CC2(C)CC(C)C(C(=C)CC)C1C2.Cc1ccccc1. The lowest BCUT2D eigenvalue weighted by atomic mass is 9.64. The van der Waals surface area contributed by atoms with Crippen LogP contribution in [0.1, 0.15) is 52.0 Å². The fourth-order valence-corrected chi connectivity index (χ4v) is 4.72. The van der Waals surface area contributed by atoms with Gasteiger partial charge in [-0.25, -0.2) is 0 Å². The zero-order chi connectivity index (χ0) is 16.3. The zero-order valence-corrected chi connectivity index (χ0v) is 14.9. The molecule has 0 amide bonds. The van der Waals surface area contributed by atoms with Crippen molar-refractivity contribution in [1.82, 2.24) is 0 Å². The Morgan fingerprint density at radius 3 is 2.36 bits per heavy atom. The highest BCUT2D eigenvalue weighted by Gasteiger charge is 2.48. The lowest BCUT2D eigenvalue weighted by Gasteiger charge is -2.40. The minimum absolute atomic E-state index is 0.561. The van der Waals surface area contributed by atoms with Crippen LogP contribution in [-0.2, 0) is 0 Å². The number of rotatable bonds is 2. The summed E-state index contributed by atoms with van der Waals surface area (Å²) in [5, 5.41) is 0. The topological polar surface area (TPSA) is 0 Å². The molecule has 2 bridgehead atoms. The van der Waals surface area contributed by atoms with Crippen molar-refractivity contribution in [3.05, 3.63) is 60.2 Å². The largest absolute Gasteiger partial charge is 0.0996 e. The van der Waals surface area contributed by atoms with Gasteiger partial charge < -0.3 is 0 Å². The summed E-state index contributed by atoms with van der Waals surface area (Å²) in [7, 11) is 0. The fourth-order valence-electron chi connectivity index (χ4n) is 4.72. The Morgan fingerprint density at radius 2 is 1.86 bits per heavy atom. The molecule has 1 aromatic rings. The first-order valence-corrected chi connectivity index (χ1v) is 8.73. The van der Waals surface area contributed by atoms with Crippen LogP contribution in [0, 0.1) is 30.1 Å². The smallest absolute Gasteiger partial charge is 0.0114 e. The molecule has 2 saturated carbocycles. The van der Waals surface area contributed by atoms with E-state index in [0.29, 0.717) is 5.41 Å². The van der Waals surface area contributed by atoms with Crippen LogP contribution in [-0.4, -0.2) is 0 Å². The van der Waals surface area contributed by atoms with E-state index in [1.165, 1.54) is 36.0 Å². The van der Waals surface area contributed by atoms with Crippen molar-refractivity contribution >= 4 is 0 Å². The van der Waals surface area contributed by atoms with Crippen LogP contribution in [0.2, 0.25) is 0 Å². The van der Waals surface area contributed by atoms with Gasteiger partial charge in [0.05, 0.1) is 0 Å². The van der Waals surface area contributed by atoms with E-state index in [4.69, 9.17) is 0 Å². The van der Waals surface area contributed by atoms with Crippen molar-refractivity contribution in [2.45, 2.75) is 53.4 Å². The highest BCUT2D eigenvalue weighted by molar-refractivity contribution is 5.23. The molecule has 2 aliphatic carbocycles. The van der Waals surface area contributed by atoms with Crippen molar-refractivity contribution in [1.29, 1.82) is 0 Å². The Balaban J connectivity index is 0.000000211. The van der Waals surface area contributed by atoms with Gasteiger partial charge in [-0.15, -0.1) is 0 Å². The molecule has 2 fully saturated rings. The molecule has 4 atom stereocenters. The van der Waals surface area contributed by atoms with Crippen molar-refractivity contribution in [2.75, 3.05) is 0 Å². The molecule has 0 aromatic heterocycles. The molecule has 0 heterocycles. The van der Waals surface area contributed by atoms with E-state index in [-0.39, 0.29) is 0 Å². The minimum Gasteiger partial charge on any atom is -0.0996 e. The maximum absolute atomic E-state index is 4.30. The van der Waals surface area contributed by atoms with Crippen LogP contribution in [0.3, 0.4) is 0 Å². The average molecular weight is 296 g/mol. The third-order valence-electron chi connectivity index (χ3n) is 5.62. The molecule has 120 valence electrons. The van der Waals surface area contributed by atoms with E-state index in [0.717, 1.165) is 24.2 Å². The molecule has 0 nitrogen and oxygen atoms in total. The first-order valence-electron chi connectivity index (χ1n) is 8.73. The third-order valence-corrected chi connectivity index (χ3v) is 5.62. The molecule has 0 spiro atoms. The zero-order valence-electron chi connectivity index (χ0n) is 14.9. The van der Waals surface area contributed by atoms with Crippen LogP contribution >= 0.6 is 0 Å². The molecule has 22 heavy (non-hydrogen) atoms. The molecular formula is C22H32. The van der Waals surface area contributed by atoms with E-state index >= 15 is 0 Å². The Kier molecular flexibility index (Phi) is 5.32. The van der Waals surface area contributed by atoms with Gasteiger partial charge in [0.15, 0.2) is 0 Å². The van der Waals surface area contributed by atoms with E-state index in [9.17, 15) is 0 Å². The Morgan fingerprint density at radius 1 is 1.23 bits per heavy atom. The summed E-state index contributed by atoms with van der Waals surface area (Å²) in [6, 6.07) is 10.3. The van der Waals surface area contributed by atoms with Gasteiger partial charge in [-0.1, -0.05) is 81.0 Å². The molecule has 0 heteroatoms. The third kappa shape index (κ3) is 3.72. The van der Waals surface area contributed by atoms with Crippen LogP contribution in [0.4, 0.5) is 0 Å². The second kappa shape index (κ2) is 6.86. The Hall–Kier alpha value is -1.30. The van der Waals surface area contributed by atoms with Gasteiger partial charge in [0, 0.05) is 0 Å². The van der Waals surface area contributed by atoms with Crippen molar-refractivity contribution in [3.8, 4) is 0 Å². The van der Waals surface area contributed by atoms with Gasteiger partial charge in [-0.2, -0.15) is 0 Å². The van der Waals surface area contributed by atoms with Crippen LogP contribution in [0.5, 0.6) is 0 Å². The molecule has 0 aliphatic heterocycles. The van der Waals surface area contributed by atoms with Gasteiger partial charge in [-0.3, -0.25) is 0 Å². The molecule has 0 saturated heterocycles. The van der Waals surface area contributed by atoms with Gasteiger partial charge in [-0.05, 0) is 55.8 Å². The van der Waals surface area contributed by atoms with Crippen LogP contribution in [0.25, 0.3) is 0 Å². The second-order valence-electron chi connectivity index (χ2n) is 7.83. The van der Waals surface area contributed by atoms with E-state index < -0.39 is 0 Å². The monoisotopic (exact) mass is 296 g/mol. The van der Waals surface area contributed by atoms with E-state index in [1.807, 2.05) is 18.2 Å². The van der Waals surface area contributed by atoms with Gasteiger partial charge in [0.1, 0.15) is 0 Å². The summed E-state index contributed by atoms with van der Waals surface area (Å²) < 4.78 is 0. The normalized spacial score (nSPS) is 33.1. The summed E-state index contributed by atoms with van der Waals surface area (Å²) in [5.74, 6) is 2.27. The first kappa shape index (κ1) is 17.1.